The lowest BCUT2D eigenvalue weighted by Gasteiger charge is -2.07. The summed E-state index contributed by atoms with van der Waals surface area (Å²) in [5, 5.41) is 0. The van der Waals surface area contributed by atoms with E-state index in [0.29, 0.717) is 12.6 Å². The van der Waals surface area contributed by atoms with E-state index in [1.807, 2.05) is 18.3 Å². The minimum absolute atomic E-state index is 0.425. The highest BCUT2D eigenvalue weighted by Crippen LogP contribution is 2.29. The first-order valence-corrected chi connectivity index (χ1v) is 6.26. The van der Waals surface area contributed by atoms with Crippen molar-refractivity contribution in [1.82, 2.24) is 4.98 Å². The zero-order chi connectivity index (χ0) is 12.4. The SMILES string of the molecule is NCc1cncc(-c2cccc(OC3CC3)c2)c1. The number of hydrogen-bond acceptors (Lipinski definition) is 3. The van der Waals surface area contributed by atoms with Gasteiger partial charge in [-0.1, -0.05) is 12.1 Å². The molecule has 0 atom stereocenters. The molecule has 0 spiro atoms. The molecule has 1 aliphatic rings. The minimum atomic E-state index is 0.425. The van der Waals surface area contributed by atoms with E-state index in [0.717, 1.165) is 22.4 Å². The number of hydrogen-bond donors (Lipinski definition) is 1. The van der Waals surface area contributed by atoms with Gasteiger partial charge in [-0.3, -0.25) is 4.98 Å². The molecule has 1 saturated carbocycles. The van der Waals surface area contributed by atoms with Crippen molar-refractivity contribution in [3.8, 4) is 16.9 Å². The molecule has 2 aromatic rings. The lowest BCUT2D eigenvalue weighted by Crippen LogP contribution is -1.97. The van der Waals surface area contributed by atoms with Gasteiger partial charge in [0.25, 0.3) is 0 Å². The molecular formula is C15H16N2O. The standard InChI is InChI=1S/C15H16N2O/c16-8-11-6-13(10-17-9-11)12-2-1-3-15(7-12)18-14-4-5-14/h1-3,6-7,9-10,14H,4-5,8,16H2. The quantitative estimate of drug-likeness (QED) is 0.894. The Kier molecular flexibility index (Phi) is 2.99. The van der Waals surface area contributed by atoms with Crippen molar-refractivity contribution < 1.29 is 4.74 Å². The smallest absolute Gasteiger partial charge is 0.120 e. The molecule has 0 aliphatic heterocycles. The normalized spacial score (nSPS) is 14.5. The lowest BCUT2D eigenvalue weighted by molar-refractivity contribution is 0.303. The first kappa shape index (κ1) is 11.2. The van der Waals surface area contributed by atoms with Gasteiger partial charge in [0, 0.05) is 24.5 Å². The van der Waals surface area contributed by atoms with Crippen molar-refractivity contribution in [2.24, 2.45) is 5.73 Å². The molecule has 92 valence electrons. The largest absolute Gasteiger partial charge is 0.490 e. The zero-order valence-corrected chi connectivity index (χ0v) is 10.2. The predicted molar refractivity (Wildman–Crippen MR) is 71.2 cm³/mol. The second-order valence-electron chi connectivity index (χ2n) is 4.63. The van der Waals surface area contributed by atoms with Gasteiger partial charge in [0.15, 0.2) is 0 Å². The van der Waals surface area contributed by atoms with E-state index in [9.17, 15) is 0 Å². The fourth-order valence-electron chi connectivity index (χ4n) is 1.88. The Morgan fingerprint density at radius 2 is 2.06 bits per heavy atom. The maximum Gasteiger partial charge on any atom is 0.120 e. The second-order valence-corrected chi connectivity index (χ2v) is 4.63. The van der Waals surface area contributed by atoms with Gasteiger partial charge in [-0.25, -0.2) is 0 Å². The minimum Gasteiger partial charge on any atom is -0.490 e. The fourth-order valence-corrected chi connectivity index (χ4v) is 1.88. The van der Waals surface area contributed by atoms with Crippen LogP contribution in [0.3, 0.4) is 0 Å². The molecule has 3 nitrogen and oxygen atoms in total. The first-order valence-electron chi connectivity index (χ1n) is 6.26. The summed E-state index contributed by atoms with van der Waals surface area (Å²) in [5.41, 5.74) is 8.88. The molecular weight excluding hydrogens is 224 g/mol. The van der Waals surface area contributed by atoms with E-state index in [4.69, 9.17) is 10.5 Å². The van der Waals surface area contributed by atoms with Gasteiger partial charge < -0.3 is 10.5 Å². The van der Waals surface area contributed by atoms with E-state index in [2.05, 4.69) is 23.2 Å². The Bertz CT molecular complexity index is 550. The van der Waals surface area contributed by atoms with Crippen LogP contribution in [0.5, 0.6) is 5.75 Å². The van der Waals surface area contributed by atoms with Crippen LogP contribution in [-0.4, -0.2) is 11.1 Å². The molecule has 1 aromatic carbocycles. The van der Waals surface area contributed by atoms with E-state index in [1.165, 1.54) is 12.8 Å². The number of rotatable bonds is 4. The van der Waals surface area contributed by atoms with Crippen molar-refractivity contribution in [2.75, 3.05) is 0 Å². The summed E-state index contributed by atoms with van der Waals surface area (Å²) >= 11 is 0. The summed E-state index contributed by atoms with van der Waals surface area (Å²) in [6.07, 6.45) is 6.43. The Morgan fingerprint density at radius 3 is 2.83 bits per heavy atom. The van der Waals surface area contributed by atoms with Gasteiger partial charge in [0.1, 0.15) is 5.75 Å². The van der Waals surface area contributed by atoms with Crippen molar-refractivity contribution in [3.63, 3.8) is 0 Å². The van der Waals surface area contributed by atoms with Gasteiger partial charge in [-0.05, 0) is 42.2 Å². The molecule has 2 N–H and O–H groups in total. The summed E-state index contributed by atoms with van der Waals surface area (Å²) in [7, 11) is 0. The Balaban J connectivity index is 1.89. The molecule has 3 rings (SSSR count). The van der Waals surface area contributed by atoms with E-state index >= 15 is 0 Å². The third-order valence-corrected chi connectivity index (χ3v) is 3.03. The van der Waals surface area contributed by atoms with E-state index in [-0.39, 0.29) is 0 Å². The molecule has 1 heterocycles. The molecule has 0 amide bonds. The van der Waals surface area contributed by atoms with Crippen LogP contribution >= 0.6 is 0 Å². The van der Waals surface area contributed by atoms with Crippen molar-refractivity contribution in [3.05, 3.63) is 48.3 Å². The summed E-state index contributed by atoms with van der Waals surface area (Å²) in [5.74, 6) is 0.938. The van der Waals surface area contributed by atoms with Crippen LogP contribution in [-0.2, 0) is 6.54 Å². The fraction of sp³-hybridized carbons (Fsp3) is 0.267. The molecule has 3 heteroatoms. The van der Waals surface area contributed by atoms with Gasteiger partial charge in [0.2, 0.25) is 0 Å². The highest BCUT2D eigenvalue weighted by Gasteiger charge is 2.23. The van der Waals surface area contributed by atoms with E-state index < -0.39 is 0 Å². The van der Waals surface area contributed by atoms with E-state index in [1.54, 1.807) is 6.20 Å². The number of pyridine rings is 1. The monoisotopic (exact) mass is 240 g/mol. The molecule has 1 fully saturated rings. The topological polar surface area (TPSA) is 48.1 Å². The molecule has 0 unspecified atom stereocenters. The highest BCUT2D eigenvalue weighted by molar-refractivity contribution is 5.64. The van der Waals surface area contributed by atoms with Crippen LogP contribution in [0.25, 0.3) is 11.1 Å². The van der Waals surface area contributed by atoms with Gasteiger partial charge in [-0.2, -0.15) is 0 Å². The molecule has 0 saturated heterocycles. The van der Waals surface area contributed by atoms with Crippen LogP contribution in [0.4, 0.5) is 0 Å². The molecule has 1 aromatic heterocycles. The molecule has 0 radical (unpaired) electrons. The maximum atomic E-state index is 5.80. The van der Waals surface area contributed by atoms with Crippen LogP contribution in [0.1, 0.15) is 18.4 Å². The summed E-state index contributed by atoms with van der Waals surface area (Å²) in [6, 6.07) is 10.2. The van der Waals surface area contributed by atoms with Gasteiger partial charge in [0.05, 0.1) is 6.10 Å². The number of ether oxygens (including phenoxy) is 1. The van der Waals surface area contributed by atoms with Crippen molar-refractivity contribution >= 4 is 0 Å². The van der Waals surface area contributed by atoms with Crippen LogP contribution in [0.2, 0.25) is 0 Å². The summed E-state index contributed by atoms with van der Waals surface area (Å²) in [6.45, 7) is 0.513. The third-order valence-electron chi connectivity index (χ3n) is 3.03. The second kappa shape index (κ2) is 4.78. The van der Waals surface area contributed by atoms with Gasteiger partial charge in [-0.15, -0.1) is 0 Å². The lowest BCUT2D eigenvalue weighted by atomic mass is 10.1. The molecule has 18 heavy (non-hydrogen) atoms. The summed E-state index contributed by atoms with van der Waals surface area (Å²) < 4.78 is 5.80. The summed E-state index contributed by atoms with van der Waals surface area (Å²) in [4.78, 5) is 4.21. The average Bonchev–Trinajstić information content (AvgIpc) is 3.23. The number of nitrogens with two attached hydrogens (primary N) is 1. The molecule has 0 bridgehead atoms. The predicted octanol–water partition coefficient (Wildman–Crippen LogP) is 2.75. The van der Waals surface area contributed by atoms with Crippen LogP contribution in [0, 0.1) is 0 Å². The van der Waals surface area contributed by atoms with Crippen molar-refractivity contribution in [2.45, 2.75) is 25.5 Å². The average molecular weight is 240 g/mol. The Hall–Kier alpha value is -1.87. The molecule has 1 aliphatic carbocycles. The number of aromatic nitrogens is 1. The van der Waals surface area contributed by atoms with Crippen molar-refractivity contribution in [1.29, 1.82) is 0 Å². The van der Waals surface area contributed by atoms with Gasteiger partial charge >= 0.3 is 0 Å². The number of nitrogens with zero attached hydrogens (tertiary/aromatic N) is 1. The Labute approximate surface area is 107 Å². The van der Waals surface area contributed by atoms with Crippen LogP contribution in [0.15, 0.2) is 42.7 Å². The van der Waals surface area contributed by atoms with Crippen LogP contribution < -0.4 is 10.5 Å². The highest BCUT2D eigenvalue weighted by atomic mass is 16.5. The first-order chi connectivity index (χ1) is 8.85. The maximum absolute atomic E-state index is 5.80. The number of benzene rings is 1. The Morgan fingerprint density at radius 1 is 1.17 bits per heavy atom. The third kappa shape index (κ3) is 2.51. The zero-order valence-electron chi connectivity index (χ0n) is 10.2.